The molecule has 0 unspecified atom stereocenters. The molecule has 158 valence electrons. The van der Waals surface area contributed by atoms with E-state index in [1.165, 1.54) is 46.7 Å². The van der Waals surface area contributed by atoms with Gasteiger partial charge in [-0.3, -0.25) is 9.36 Å². The first-order valence-corrected chi connectivity index (χ1v) is 10.9. The summed E-state index contributed by atoms with van der Waals surface area (Å²) >= 11 is 0. The fraction of sp³-hybridized carbons (Fsp3) is 0.474. The number of sulfonamides is 1. The van der Waals surface area contributed by atoms with Gasteiger partial charge in [-0.05, 0) is 31.0 Å². The first-order valence-electron chi connectivity index (χ1n) is 9.46. The molecule has 1 aliphatic heterocycles. The lowest BCUT2D eigenvalue weighted by Crippen LogP contribution is -2.32. The minimum atomic E-state index is -3.69. The number of hydrogen-bond donors (Lipinski definition) is 0. The quantitative estimate of drug-likeness (QED) is 0.711. The van der Waals surface area contributed by atoms with Gasteiger partial charge in [0, 0.05) is 38.1 Å². The number of benzene rings is 1. The van der Waals surface area contributed by atoms with Gasteiger partial charge in [-0.25, -0.2) is 13.4 Å². The van der Waals surface area contributed by atoms with Crippen molar-refractivity contribution in [2.45, 2.75) is 43.7 Å². The molecule has 3 rings (SSSR count). The maximum absolute atomic E-state index is 13.0. The van der Waals surface area contributed by atoms with Crippen LogP contribution in [-0.4, -0.2) is 53.2 Å². The van der Waals surface area contributed by atoms with Gasteiger partial charge in [0.2, 0.25) is 10.0 Å². The molecule has 0 N–H and O–H groups in total. The predicted octanol–water partition coefficient (Wildman–Crippen LogP) is 3.12. The van der Waals surface area contributed by atoms with Crippen LogP contribution in [0.1, 0.15) is 48.4 Å². The van der Waals surface area contributed by atoms with Crippen molar-refractivity contribution in [1.82, 2.24) is 18.8 Å². The van der Waals surface area contributed by atoms with Gasteiger partial charge in [-0.15, -0.1) is 0 Å². The van der Waals surface area contributed by atoms with Gasteiger partial charge >= 0.3 is 6.55 Å². The Morgan fingerprint density at radius 1 is 1.21 bits per heavy atom. The van der Waals surface area contributed by atoms with Crippen LogP contribution in [0.5, 0.6) is 0 Å². The highest BCUT2D eigenvalue weighted by atomic mass is 32.2. The largest absolute Gasteiger partial charge is 0.334 e. The van der Waals surface area contributed by atoms with Crippen molar-refractivity contribution in [1.29, 1.82) is 0 Å². The van der Waals surface area contributed by atoms with Crippen molar-refractivity contribution in [2.24, 2.45) is 0 Å². The van der Waals surface area contributed by atoms with Gasteiger partial charge in [0.15, 0.2) is 0 Å². The van der Waals surface area contributed by atoms with Crippen LogP contribution >= 0.6 is 0 Å². The molecule has 29 heavy (non-hydrogen) atoms. The SMILES string of the molecule is CN(Cc1nccn1C(F)F)C(=O)c1cccc(S(=O)(=O)N2CCCCCC2)c1. The number of carbonyl (C=O) groups is 1. The van der Waals surface area contributed by atoms with Gasteiger partial charge in [0.05, 0.1) is 11.4 Å². The second-order valence-corrected chi connectivity index (χ2v) is 8.97. The summed E-state index contributed by atoms with van der Waals surface area (Å²) in [5.41, 5.74) is 0.179. The van der Waals surface area contributed by atoms with E-state index < -0.39 is 22.5 Å². The Morgan fingerprint density at radius 2 is 1.90 bits per heavy atom. The summed E-state index contributed by atoms with van der Waals surface area (Å²) in [6, 6.07) is 5.85. The predicted molar refractivity (Wildman–Crippen MR) is 103 cm³/mol. The highest BCUT2D eigenvalue weighted by Gasteiger charge is 2.26. The van der Waals surface area contributed by atoms with E-state index in [0.29, 0.717) is 17.7 Å². The normalized spacial score (nSPS) is 16.0. The molecule has 0 saturated carbocycles. The number of halogens is 2. The van der Waals surface area contributed by atoms with Crippen molar-refractivity contribution >= 4 is 15.9 Å². The molecule has 2 aromatic rings. The number of carbonyl (C=O) groups excluding carboxylic acids is 1. The third kappa shape index (κ3) is 4.81. The molecule has 1 aliphatic rings. The molecule has 0 radical (unpaired) electrons. The van der Waals surface area contributed by atoms with Crippen molar-refractivity contribution in [2.75, 3.05) is 20.1 Å². The van der Waals surface area contributed by atoms with Gasteiger partial charge < -0.3 is 4.90 Å². The molecule has 1 aromatic heterocycles. The van der Waals surface area contributed by atoms with E-state index in [0.717, 1.165) is 31.9 Å². The molecule has 1 fully saturated rings. The molecular weight excluding hydrogens is 402 g/mol. The summed E-state index contributed by atoms with van der Waals surface area (Å²) in [4.78, 5) is 17.9. The second kappa shape index (κ2) is 9.00. The van der Waals surface area contributed by atoms with E-state index in [1.54, 1.807) is 0 Å². The smallest absolute Gasteiger partial charge is 0.319 e. The Bertz CT molecular complexity index is 954. The molecule has 1 aromatic carbocycles. The zero-order valence-corrected chi connectivity index (χ0v) is 17.0. The Morgan fingerprint density at radius 3 is 2.55 bits per heavy atom. The number of aromatic nitrogens is 2. The molecule has 0 atom stereocenters. The average Bonchev–Trinajstić information content (AvgIpc) is 2.98. The molecule has 7 nitrogen and oxygen atoms in total. The van der Waals surface area contributed by atoms with E-state index in [2.05, 4.69) is 4.98 Å². The van der Waals surface area contributed by atoms with Crippen molar-refractivity contribution < 1.29 is 22.0 Å². The number of nitrogens with zero attached hydrogens (tertiary/aromatic N) is 4. The number of amides is 1. The second-order valence-electron chi connectivity index (χ2n) is 7.04. The first kappa shape index (κ1) is 21.4. The van der Waals surface area contributed by atoms with Gasteiger partial charge in [0.1, 0.15) is 5.82 Å². The molecular formula is C19H24F2N4O3S. The van der Waals surface area contributed by atoms with Crippen LogP contribution in [0.3, 0.4) is 0 Å². The van der Waals surface area contributed by atoms with Crippen LogP contribution in [0.4, 0.5) is 8.78 Å². The summed E-state index contributed by atoms with van der Waals surface area (Å²) in [6.45, 7) is -1.94. The van der Waals surface area contributed by atoms with E-state index in [4.69, 9.17) is 0 Å². The maximum Gasteiger partial charge on any atom is 0.319 e. The van der Waals surface area contributed by atoms with Crippen LogP contribution in [0, 0.1) is 0 Å². The molecule has 1 saturated heterocycles. The standard InChI is InChI=1S/C19H24F2N4O3S/c1-23(14-17-22-9-12-25(17)19(20)21)18(26)15-7-6-8-16(13-15)29(27,28)24-10-4-2-3-5-11-24/h6-9,12-13,19H,2-5,10-11,14H2,1H3. The lowest BCUT2D eigenvalue weighted by molar-refractivity contribution is 0.0612. The van der Waals surface area contributed by atoms with Crippen molar-refractivity contribution in [3.8, 4) is 0 Å². The summed E-state index contributed by atoms with van der Waals surface area (Å²) in [6.07, 6.45) is 6.03. The molecule has 10 heteroatoms. The van der Waals surface area contributed by atoms with E-state index >= 15 is 0 Å². The number of rotatable bonds is 6. The van der Waals surface area contributed by atoms with Crippen LogP contribution in [0.2, 0.25) is 0 Å². The third-order valence-corrected chi connectivity index (χ3v) is 6.86. The number of imidazole rings is 1. The van der Waals surface area contributed by atoms with Crippen LogP contribution < -0.4 is 0 Å². The Hall–Kier alpha value is -2.33. The van der Waals surface area contributed by atoms with Gasteiger partial charge in [-0.2, -0.15) is 13.1 Å². The van der Waals surface area contributed by atoms with E-state index in [-0.39, 0.29) is 22.8 Å². The lowest BCUT2D eigenvalue weighted by Gasteiger charge is -2.21. The molecule has 0 aliphatic carbocycles. The van der Waals surface area contributed by atoms with Crippen LogP contribution in [0.25, 0.3) is 0 Å². The first-order chi connectivity index (χ1) is 13.8. The number of alkyl halides is 2. The van der Waals surface area contributed by atoms with E-state index in [1.807, 2.05) is 0 Å². The molecule has 1 amide bonds. The summed E-state index contributed by atoms with van der Waals surface area (Å²) in [5, 5.41) is 0. The zero-order valence-electron chi connectivity index (χ0n) is 16.2. The molecule has 0 bridgehead atoms. The summed E-state index contributed by atoms with van der Waals surface area (Å²) in [7, 11) is -2.23. The minimum absolute atomic E-state index is 0.0455. The summed E-state index contributed by atoms with van der Waals surface area (Å²) < 4.78 is 54.0. The van der Waals surface area contributed by atoms with Gasteiger partial charge in [-0.1, -0.05) is 18.9 Å². The zero-order chi connectivity index (χ0) is 21.0. The highest BCUT2D eigenvalue weighted by molar-refractivity contribution is 7.89. The Labute approximate surface area is 169 Å². The fourth-order valence-corrected chi connectivity index (χ4v) is 4.93. The van der Waals surface area contributed by atoms with Crippen LogP contribution in [-0.2, 0) is 16.6 Å². The van der Waals surface area contributed by atoms with Crippen molar-refractivity contribution in [3.63, 3.8) is 0 Å². The highest BCUT2D eigenvalue weighted by Crippen LogP contribution is 2.22. The molecule has 2 heterocycles. The Kier molecular flexibility index (Phi) is 6.63. The molecule has 0 spiro atoms. The van der Waals surface area contributed by atoms with Crippen molar-refractivity contribution in [3.05, 3.63) is 48.0 Å². The summed E-state index contributed by atoms with van der Waals surface area (Å²) in [5.74, 6) is -0.425. The maximum atomic E-state index is 13.0. The Balaban J connectivity index is 1.79. The average molecular weight is 426 g/mol. The third-order valence-electron chi connectivity index (χ3n) is 4.97. The monoisotopic (exact) mass is 426 g/mol. The van der Waals surface area contributed by atoms with Crippen LogP contribution in [0.15, 0.2) is 41.6 Å². The topological polar surface area (TPSA) is 75.5 Å². The minimum Gasteiger partial charge on any atom is -0.334 e. The van der Waals surface area contributed by atoms with E-state index in [9.17, 15) is 22.0 Å². The lowest BCUT2D eigenvalue weighted by atomic mass is 10.2. The van der Waals surface area contributed by atoms with Gasteiger partial charge in [0.25, 0.3) is 5.91 Å². The fourth-order valence-electron chi connectivity index (χ4n) is 3.37. The number of hydrogen-bond acceptors (Lipinski definition) is 4.